The second kappa shape index (κ2) is 10.0. The molecule has 4 rings (SSSR count). The van der Waals surface area contributed by atoms with Gasteiger partial charge in [0.15, 0.2) is 0 Å². The Bertz CT molecular complexity index is 1580. The fourth-order valence-corrected chi connectivity index (χ4v) is 6.45. The number of halogens is 2. The number of fused-ring (bicyclic) bond motifs is 1. The standard InChI is InChI=1S/C24H21Cl2N3O4S2/c1-3-28-20-11-7-17(13-22(20)34-24(28)31)27-23(30)14-29(21-12-16(25)6-10-19(21)26)35(32,33)18-8-4-15(2)5-9-18/h4-13H,3,14H2,1-2H3,(H,27,30). The molecule has 1 N–H and O–H groups in total. The van der Waals surface area contributed by atoms with Crippen LogP contribution in [-0.2, 0) is 21.4 Å². The largest absolute Gasteiger partial charge is 0.324 e. The molecule has 0 unspecified atom stereocenters. The Kier molecular flexibility index (Phi) is 7.23. The molecule has 35 heavy (non-hydrogen) atoms. The van der Waals surface area contributed by atoms with Crippen LogP contribution in [0.25, 0.3) is 10.2 Å². The molecule has 7 nitrogen and oxygen atoms in total. The first-order valence-corrected chi connectivity index (χ1v) is 13.6. The van der Waals surface area contributed by atoms with E-state index in [1.807, 2.05) is 13.8 Å². The first-order valence-electron chi connectivity index (χ1n) is 10.6. The number of amides is 1. The van der Waals surface area contributed by atoms with Gasteiger partial charge in [-0.25, -0.2) is 8.42 Å². The lowest BCUT2D eigenvalue weighted by atomic mass is 10.2. The van der Waals surface area contributed by atoms with Gasteiger partial charge in [0.2, 0.25) is 5.91 Å². The summed E-state index contributed by atoms with van der Waals surface area (Å²) in [6.07, 6.45) is 0. The number of anilines is 2. The first-order chi connectivity index (χ1) is 16.6. The number of aryl methyl sites for hydroxylation is 2. The van der Waals surface area contributed by atoms with E-state index in [0.29, 0.717) is 12.2 Å². The van der Waals surface area contributed by atoms with Crippen LogP contribution in [0, 0.1) is 6.92 Å². The quantitative estimate of drug-likeness (QED) is 0.328. The van der Waals surface area contributed by atoms with Crippen molar-refractivity contribution in [3.63, 3.8) is 0 Å². The van der Waals surface area contributed by atoms with Crippen molar-refractivity contribution in [3.8, 4) is 0 Å². The molecule has 0 aliphatic rings. The lowest BCUT2D eigenvalue weighted by Gasteiger charge is -2.25. The Hall–Kier alpha value is -2.85. The molecule has 1 heterocycles. The van der Waals surface area contributed by atoms with E-state index in [4.69, 9.17) is 23.2 Å². The average molecular weight is 550 g/mol. The molecule has 0 radical (unpaired) electrons. The van der Waals surface area contributed by atoms with Crippen LogP contribution < -0.4 is 14.5 Å². The normalized spacial score (nSPS) is 11.5. The van der Waals surface area contributed by atoms with Gasteiger partial charge in [-0.1, -0.05) is 52.2 Å². The van der Waals surface area contributed by atoms with E-state index in [-0.39, 0.29) is 25.5 Å². The number of carbonyl (C=O) groups is 1. The highest BCUT2D eigenvalue weighted by molar-refractivity contribution is 7.92. The minimum absolute atomic E-state index is 0.0130. The summed E-state index contributed by atoms with van der Waals surface area (Å²) in [6.45, 7) is 3.72. The third-order valence-electron chi connectivity index (χ3n) is 5.34. The van der Waals surface area contributed by atoms with E-state index in [2.05, 4.69) is 5.32 Å². The second-order valence-corrected chi connectivity index (χ2v) is 11.5. The summed E-state index contributed by atoms with van der Waals surface area (Å²) in [7, 11) is -4.15. The molecule has 0 bridgehead atoms. The number of nitrogens with zero attached hydrogens (tertiary/aromatic N) is 2. The predicted octanol–water partition coefficient (Wildman–Crippen LogP) is 5.53. The number of thiazole rings is 1. The van der Waals surface area contributed by atoms with Gasteiger partial charge in [-0.05, 0) is 62.4 Å². The summed E-state index contributed by atoms with van der Waals surface area (Å²) in [6, 6.07) is 15.8. The van der Waals surface area contributed by atoms with E-state index in [0.717, 1.165) is 31.4 Å². The van der Waals surface area contributed by atoms with Gasteiger partial charge in [0.05, 0.1) is 25.8 Å². The minimum Gasteiger partial charge on any atom is -0.324 e. The highest BCUT2D eigenvalue weighted by Gasteiger charge is 2.29. The number of aromatic nitrogens is 1. The highest BCUT2D eigenvalue weighted by atomic mass is 35.5. The van der Waals surface area contributed by atoms with Gasteiger partial charge in [0, 0.05) is 17.3 Å². The molecule has 0 aliphatic heterocycles. The summed E-state index contributed by atoms with van der Waals surface area (Å²) >= 11 is 13.5. The van der Waals surface area contributed by atoms with E-state index in [9.17, 15) is 18.0 Å². The maximum absolute atomic E-state index is 13.6. The molecular weight excluding hydrogens is 529 g/mol. The van der Waals surface area contributed by atoms with E-state index in [1.54, 1.807) is 34.9 Å². The number of sulfonamides is 1. The van der Waals surface area contributed by atoms with Crippen LogP contribution in [-0.4, -0.2) is 25.4 Å². The van der Waals surface area contributed by atoms with Crippen LogP contribution in [0.2, 0.25) is 10.0 Å². The van der Waals surface area contributed by atoms with Gasteiger partial charge in [0.25, 0.3) is 10.0 Å². The lowest BCUT2D eigenvalue weighted by molar-refractivity contribution is -0.114. The molecule has 0 fully saturated rings. The SMILES string of the molecule is CCn1c(=O)sc2cc(NC(=O)CN(c3cc(Cl)ccc3Cl)S(=O)(=O)c3ccc(C)cc3)ccc21. The van der Waals surface area contributed by atoms with Crippen LogP contribution in [0.15, 0.2) is 70.4 Å². The van der Waals surface area contributed by atoms with Crippen molar-refractivity contribution in [2.75, 3.05) is 16.2 Å². The zero-order valence-corrected chi connectivity index (χ0v) is 21.9. The summed E-state index contributed by atoms with van der Waals surface area (Å²) in [5.74, 6) is -0.585. The van der Waals surface area contributed by atoms with Crippen molar-refractivity contribution in [1.29, 1.82) is 0 Å². The van der Waals surface area contributed by atoms with Gasteiger partial charge in [0.1, 0.15) is 6.54 Å². The molecule has 1 amide bonds. The average Bonchev–Trinajstić information content (AvgIpc) is 3.13. The minimum atomic E-state index is -4.15. The van der Waals surface area contributed by atoms with E-state index >= 15 is 0 Å². The second-order valence-electron chi connectivity index (χ2n) is 7.76. The zero-order valence-electron chi connectivity index (χ0n) is 18.8. The topological polar surface area (TPSA) is 88.5 Å². The molecule has 0 spiro atoms. The molecule has 0 atom stereocenters. The smallest absolute Gasteiger partial charge is 0.308 e. The van der Waals surface area contributed by atoms with Gasteiger partial charge in [-0.3, -0.25) is 18.5 Å². The summed E-state index contributed by atoms with van der Waals surface area (Å²) in [5, 5.41) is 3.12. The third-order valence-corrected chi connectivity index (χ3v) is 8.61. The predicted molar refractivity (Wildman–Crippen MR) is 143 cm³/mol. The summed E-state index contributed by atoms with van der Waals surface area (Å²) < 4.78 is 30.4. The number of hydrogen-bond acceptors (Lipinski definition) is 5. The van der Waals surface area contributed by atoms with Crippen LogP contribution in [0.5, 0.6) is 0 Å². The first kappa shape index (κ1) is 25.2. The van der Waals surface area contributed by atoms with E-state index < -0.39 is 22.5 Å². The Balaban J connectivity index is 1.68. The van der Waals surface area contributed by atoms with Crippen LogP contribution >= 0.6 is 34.5 Å². The van der Waals surface area contributed by atoms with Crippen molar-refractivity contribution in [2.45, 2.75) is 25.3 Å². The van der Waals surface area contributed by atoms with Gasteiger partial charge < -0.3 is 5.32 Å². The number of nitrogens with one attached hydrogen (secondary N) is 1. The van der Waals surface area contributed by atoms with Crippen LogP contribution in [0.3, 0.4) is 0 Å². The van der Waals surface area contributed by atoms with Crippen molar-refractivity contribution in [1.82, 2.24) is 4.57 Å². The Morgan fingerprint density at radius 1 is 1.06 bits per heavy atom. The number of carbonyl (C=O) groups excluding carboxylic acids is 1. The number of rotatable bonds is 7. The Labute approximate surface area is 216 Å². The summed E-state index contributed by atoms with van der Waals surface area (Å²) in [5.41, 5.74) is 2.19. The monoisotopic (exact) mass is 549 g/mol. The molecule has 0 aliphatic carbocycles. The third kappa shape index (κ3) is 5.23. The molecule has 11 heteroatoms. The maximum atomic E-state index is 13.6. The van der Waals surface area contributed by atoms with Gasteiger partial charge in [-0.2, -0.15) is 0 Å². The fraction of sp³-hybridized carbons (Fsp3) is 0.167. The summed E-state index contributed by atoms with van der Waals surface area (Å²) in [4.78, 5) is 25.1. The molecule has 1 aromatic heterocycles. The number of benzene rings is 3. The molecule has 0 saturated heterocycles. The van der Waals surface area contributed by atoms with Gasteiger partial charge in [-0.15, -0.1) is 0 Å². The maximum Gasteiger partial charge on any atom is 0.308 e. The van der Waals surface area contributed by atoms with Crippen LogP contribution in [0.1, 0.15) is 12.5 Å². The van der Waals surface area contributed by atoms with Crippen molar-refractivity contribution >= 4 is 72.1 Å². The van der Waals surface area contributed by atoms with E-state index in [1.165, 1.54) is 30.3 Å². The Morgan fingerprint density at radius 3 is 2.46 bits per heavy atom. The highest BCUT2D eigenvalue weighted by Crippen LogP contribution is 2.33. The molecule has 3 aromatic carbocycles. The Morgan fingerprint density at radius 2 is 1.77 bits per heavy atom. The van der Waals surface area contributed by atoms with Gasteiger partial charge >= 0.3 is 4.87 Å². The fourth-order valence-electron chi connectivity index (χ4n) is 3.59. The number of hydrogen-bond donors (Lipinski definition) is 1. The molecular formula is C24H21Cl2N3O4S2. The lowest BCUT2D eigenvalue weighted by Crippen LogP contribution is -2.38. The van der Waals surface area contributed by atoms with Crippen molar-refractivity contribution < 1.29 is 13.2 Å². The molecule has 182 valence electrons. The zero-order chi connectivity index (χ0) is 25.3. The van der Waals surface area contributed by atoms with Crippen molar-refractivity contribution in [3.05, 3.63) is 85.9 Å². The molecule has 4 aromatic rings. The van der Waals surface area contributed by atoms with Crippen molar-refractivity contribution in [2.24, 2.45) is 0 Å². The molecule has 0 saturated carbocycles. The van der Waals surface area contributed by atoms with Crippen LogP contribution in [0.4, 0.5) is 11.4 Å².